The number of hydrogen-bond acceptors (Lipinski definition) is 3. The third-order valence-electron chi connectivity index (χ3n) is 4.52. The van der Waals surface area contributed by atoms with Crippen LogP contribution in [0.4, 0.5) is 22.0 Å². The molecule has 1 aromatic heterocycles. The largest absolute Gasteiger partial charge is 0.416 e. The lowest BCUT2D eigenvalue weighted by molar-refractivity contribution is -0.137. The van der Waals surface area contributed by atoms with Crippen LogP contribution in [0, 0.1) is 5.41 Å². The molecule has 2 aromatic rings. The van der Waals surface area contributed by atoms with E-state index in [-0.39, 0.29) is 16.2 Å². The number of allylic oxidation sites excluding steroid dienone is 4. The summed E-state index contributed by atoms with van der Waals surface area (Å²) in [6.45, 7) is -2.13. The summed E-state index contributed by atoms with van der Waals surface area (Å²) >= 11 is 0. The number of hydrogen-bond donors (Lipinski definition) is 1. The van der Waals surface area contributed by atoms with E-state index in [1.807, 2.05) is 0 Å². The van der Waals surface area contributed by atoms with Crippen molar-refractivity contribution in [1.29, 1.82) is 0 Å². The Morgan fingerprint density at radius 3 is 1.97 bits per heavy atom. The first-order valence-electron chi connectivity index (χ1n) is 8.24. The van der Waals surface area contributed by atoms with E-state index >= 15 is 0 Å². The highest BCUT2D eigenvalue weighted by Gasteiger charge is 2.35. The molecule has 154 valence electrons. The number of alkyl halides is 5. The Bertz CT molecular complexity index is 1070. The normalized spacial score (nSPS) is 16.5. The Hall–Kier alpha value is -2.59. The summed E-state index contributed by atoms with van der Waals surface area (Å²) in [6.07, 6.45) is -0.909. The van der Waals surface area contributed by atoms with Crippen molar-refractivity contribution in [1.82, 2.24) is 4.98 Å². The predicted molar refractivity (Wildman–Crippen MR) is 97.4 cm³/mol. The maximum atomic E-state index is 13.6. The number of nitrogens with zero attached hydrogens (tertiary/aromatic N) is 1. The Balaban J connectivity index is 2.08. The number of pyridine rings is 1. The number of sulfonamides is 1. The highest BCUT2D eigenvalue weighted by molar-refractivity contribution is 7.89. The second-order valence-corrected chi connectivity index (χ2v) is 8.18. The molecule has 0 saturated carbocycles. The number of benzene rings is 1. The van der Waals surface area contributed by atoms with Gasteiger partial charge in [-0.3, -0.25) is 4.98 Å². The minimum absolute atomic E-state index is 0.201. The third kappa shape index (κ3) is 4.23. The molecule has 0 radical (unpaired) electrons. The van der Waals surface area contributed by atoms with Gasteiger partial charge in [0.05, 0.1) is 16.7 Å². The first kappa shape index (κ1) is 21.1. The van der Waals surface area contributed by atoms with Crippen LogP contribution in [0.1, 0.15) is 16.8 Å². The molecule has 0 bridgehead atoms. The average molecular weight is 430 g/mol. The van der Waals surface area contributed by atoms with Gasteiger partial charge in [-0.25, -0.2) is 22.3 Å². The van der Waals surface area contributed by atoms with Crippen LogP contribution in [0.2, 0.25) is 0 Å². The van der Waals surface area contributed by atoms with Crippen LogP contribution >= 0.6 is 0 Å². The molecule has 3 rings (SSSR count). The molecule has 0 spiro atoms. The first-order chi connectivity index (χ1) is 13.5. The number of halogens is 5. The van der Waals surface area contributed by atoms with E-state index in [4.69, 9.17) is 5.14 Å². The maximum Gasteiger partial charge on any atom is 0.416 e. The van der Waals surface area contributed by atoms with E-state index in [0.29, 0.717) is 11.1 Å². The molecule has 0 atom stereocenters. The van der Waals surface area contributed by atoms with Gasteiger partial charge in [0.25, 0.3) is 0 Å². The number of nitrogens with two attached hydrogens (primary N) is 1. The Morgan fingerprint density at radius 1 is 0.931 bits per heavy atom. The molecule has 1 aromatic carbocycles. The van der Waals surface area contributed by atoms with E-state index in [9.17, 15) is 30.4 Å². The summed E-state index contributed by atoms with van der Waals surface area (Å²) in [5.41, 5.74) is -1.35. The molecule has 29 heavy (non-hydrogen) atoms. The SMILES string of the molecule is NS(=O)(=O)c1ccc(C2=CC(CF)(CF)C=C2c2ccc(C(F)(F)F)cc2)nc1. The van der Waals surface area contributed by atoms with Crippen molar-refractivity contribution in [3.8, 4) is 0 Å². The molecule has 1 aliphatic carbocycles. The van der Waals surface area contributed by atoms with Crippen molar-refractivity contribution in [2.45, 2.75) is 11.1 Å². The summed E-state index contributed by atoms with van der Waals surface area (Å²) in [5, 5.41) is 5.03. The van der Waals surface area contributed by atoms with Gasteiger partial charge in [0.1, 0.15) is 18.2 Å². The number of primary sulfonamides is 1. The van der Waals surface area contributed by atoms with Crippen molar-refractivity contribution in [3.63, 3.8) is 0 Å². The molecular weight excluding hydrogens is 415 g/mol. The van der Waals surface area contributed by atoms with Gasteiger partial charge in [-0.2, -0.15) is 13.2 Å². The molecular formula is C19H15F5N2O2S. The minimum atomic E-state index is -4.52. The summed E-state index contributed by atoms with van der Waals surface area (Å²) < 4.78 is 88.3. The molecule has 10 heteroatoms. The fourth-order valence-electron chi connectivity index (χ4n) is 2.96. The maximum absolute atomic E-state index is 13.6. The molecule has 1 heterocycles. The second-order valence-electron chi connectivity index (χ2n) is 6.62. The molecule has 0 saturated heterocycles. The molecule has 0 aliphatic heterocycles. The average Bonchev–Trinajstić information content (AvgIpc) is 3.07. The quantitative estimate of drug-likeness (QED) is 0.725. The van der Waals surface area contributed by atoms with E-state index in [2.05, 4.69) is 4.98 Å². The fraction of sp³-hybridized carbons (Fsp3) is 0.211. The second kappa shape index (κ2) is 7.34. The number of rotatable bonds is 5. The van der Waals surface area contributed by atoms with Crippen LogP contribution in [-0.2, 0) is 16.2 Å². The van der Waals surface area contributed by atoms with Crippen molar-refractivity contribution in [2.24, 2.45) is 10.6 Å². The Morgan fingerprint density at radius 2 is 1.52 bits per heavy atom. The standard InChI is InChI=1S/C19H15F5N2O2S/c20-10-18(11-21)7-15(12-1-3-13(4-2-12)19(22,23)24)16(8-18)17-6-5-14(9-26-17)29(25,27)28/h1-9H,10-11H2,(H2,25,27,28). The van der Waals surface area contributed by atoms with Crippen LogP contribution in [0.3, 0.4) is 0 Å². The third-order valence-corrected chi connectivity index (χ3v) is 5.41. The van der Waals surface area contributed by atoms with Gasteiger partial charge in [0.2, 0.25) is 10.0 Å². The zero-order chi connectivity index (χ0) is 21.4. The molecule has 1 aliphatic rings. The lowest BCUT2D eigenvalue weighted by Crippen LogP contribution is -2.18. The van der Waals surface area contributed by atoms with Crippen LogP contribution < -0.4 is 5.14 Å². The smallest absolute Gasteiger partial charge is 0.255 e. The fourth-order valence-corrected chi connectivity index (χ4v) is 3.42. The van der Waals surface area contributed by atoms with Crippen molar-refractivity contribution < 1.29 is 30.4 Å². The van der Waals surface area contributed by atoms with Gasteiger partial charge < -0.3 is 0 Å². The highest BCUT2D eigenvalue weighted by Crippen LogP contribution is 2.44. The molecule has 0 amide bonds. The van der Waals surface area contributed by atoms with Crippen LogP contribution in [-0.4, -0.2) is 26.8 Å². The van der Waals surface area contributed by atoms with Crippen LogP contribution in [0.15, 0.2) is 59.6 Å². The minimum Gasteiger partial charge on any atom is -0.255 e. The van der Waals surface area contributed by atoms with Crippen LogP contribution in [0.25, 0.3) is 11.1 Å². The van der Waals surface area contributed by atoms with Gasteiger partial charge in [0.15, 0.2) is 0 Å². The summed E-state index contributed by atoms with van der Waals surface area (Å²) in [4.78, 5) is 3.75. The molecule has 2 N–H and O–H groups in total. The summed E-state index contributed by atoms with van der Waals surface area (Å²) in [5.74, 6) is 0. The van der Waals surface area contributed by atoms with Gasteiger partial charge in [-0.05, 0) is 35.4 Å². The van der Waals surface area contributed by atoms with E-state index in [1.54, 1.807) is 0 Å². The topological polar surface area (TPSA) is 73.1 Å². The van der Waals surface area contributed by atoms with E-state index in [0.717, 1.165) is 18.3 Å². The summed E-state index contributed by atoms with van der Waals surface area (Å²) in [7, 11) is -3.98. The molecule has 0 unspecified atom stereocenters. The van der Waals surface area contributed by atoms with E-state index in [1.165, 1.54) is 36.4 Å². The Kier molecular flexibility index (Phi) is 5.35. The van der Waals surface area contributed by atoms with Crippen molar-refractivity contribution in [2.75, 3.05) is 13.3 Å². The van der Waals surface area contributed by atoms with E-state index < -0.39 is 40.5 Å². The highest BCUT2D eigenvalue weighted by atomic mass is 32.2. The zero-order valence-corrected chi connectivity index (χ0v) is 15.6. The van der Waals surface area contributed by atoms with Crippen LogP contribution in [0.5, 0.6) is 0 Å². The van der Waals surface area contributed by atoms with Crippen molar-refractivity contribution in [3.05, 3.63) is 71.6 Å². The summed E-state index contributed by atoms with van der Waals surface area (Å²) in [6, 6.07) is 6.65. The molecule has 4 nitrogen and oxygen atoms in total. The molecule has 0 fully saturated rings. The Labute approximate surface area is 163 Å². The monoisotopic (exact) mass is 430 g/mol. The van der Waals surface area contributed by atoms with Gasteiger partial charge >= 0.3 is 6.18 Å². The predicted octanol–water partition coefficient (Wildman–Crippen LogP) is 4.15. The number of aromatic nitrogens is 1. The van der Waals surface area contributed by atoms with Gasteiger partial charge in [-0.15, -0.1) is 0 Å². The zero-order valence-electron chi connectivity index (χ0n) is 14.7. The first-order valence-corrected chi connectivity index (χ1v) is 9.79. The van der Waals surface area contributed by atoms with Crippen molar-refractivity contribution >= 4 is 21.2 Å². The van der Waals surface area contributed by atoms with Gasteiger partial charge in [0, 0.05) is 11.8 Å². The lowest BCUT2D eigenvalue weighted by Gasteiger charge is -2.15. The van der Waals surface area contributed by atoms with Gasteiger partial charge in [-0.1, -0.05) is 24.3 Å². The lowest BCUT2D eigenvalue weighted by atomic mass is 9.93.